The minimum atomic E-state index is -1.57. The molecule has 0 spiro atoms. The first-order chi connectivity index (χ1) is 44.2. The van der Waals surface area contributed by atoms with Gasteiger partial charge in [-0.3, -0.25) is 24.3 Å². The number of hydrogen-bond donors (Lipinski definition) is 2. The van der Waals surface area contributed by atoms with Crippen LogP contribution < -0.4 is 15.4 Å². The van der Waals surface area contributed by atoms with Crippen LogP contribution in [0.15, 0.2) is 275 Å². The van der Waals surface area contributed by atoms with E-state index in [0.29, 0.717) is 22.0 Å². The molecule has 0 radical (unpaired) electrons. The molecule has 1 aromatic heterocycles. The first kappa shape index (κ1) is 60.5. The number of benzene rings is 8. The summed E-state index contributed by atoms with van der Waals surface area (Å²) in [6.45, 7) is -0.0781. The zero-order valence-corrected chi connectivity index (χ0v) is 50.9. The standard InChI is InChI=1S/C72H59ClN6O9S2/c1-84-56-39-37-47(38-40-56)44-85-69(83)63-52(42-73)45-89-68-62(67(82)79(63)68)76-66(81)61(58-46-90-71(75-58)77-72(53-31-17-6-18-32-53,54-33-19-7-20-34-54)55-35-21-8-22-36-55)78-88-70(87-65(50-27-13-4-14-28-50)51-29-15-5-16-30-51)57-41-59(80)60(43-74-57)86-64(48-23-9-2-10-24-48)49-25-11-3-12-26-49/h2-41,43,46,60,62,64-65,68,70H,42,44-45H2,1H3,(H,75,77)(H,76,81)/b78-61-/t60?,62-,68-,70?/m1/s1. The average molecular weight is 1250 g/mol. The molecule has 1 saturated heterocycles. The molecule has 0 bridgehead atoms. The number of aromatic nitrogens is 1. The van der Waals surface area contributed by atoms with Crippen molar-refractivity contribution in [2.45, 2.75) is 48.2 Å². The van der Waals surface area contributed by atoms with Gasteiger partial charge in [-0.25, -0.2) is 9.78 Å². The number of nitrogens with one attached hydrogen (secondary N) is 2. The predicted molar refractivity (Wildman–Crippen MR) is 349 cm³/mol. The van der Waals surface area contributed by atoms with Gasteiger partial charge in [-0.15, -0.1) is 34.7 Å². The number of halogens is 1. The Balaban J connectivity index is 0.912. The van der Waals surface area contributed by atoms with Gasteiger partial charge in [0.1, 0.15) is 58.6 Å². The van der Waals surface area contributed by atoms with Crippen molar-refractivity contribution in [1.82, 2.24) is 15.2 Å². The third-order valence-corrected chi connectivity index (χ3v) is 17.9. The van der Waals surface area contributed by atoms with Gasteiger partial charge in [0, 0.05) is 29.3 Å². The first-order valence-corrected chi connectivity index (χ1v) is 31.4. The quantitative estimate of drug-likeness (QED) is 0.0111. The van der Waals surface area contributed by atoms with Crippen LogP contribution in [0.1, 0.15) is 62.4 Å². The van der Waals surface area contributed by atoms with E-state index in [1.54, 1.807) is 36.8 Å². The minimum absolute atomic E-state index is 0.0203. The van der Waals surface area contributed by atoms with Crippen LogP contribution in [-0.4, -0.2) is 87.9 Å². The number of anilines is 1. The highest BCUT2D eigenvalue weighted by atomic mass is 35.5. The number of nitrogens with zero attached hydrogens (tertiary/aromatic N) is 4. The molecule has 9 aromatic rings. The molecule has 450 valence electrons. The van der Waals surface area contributed by atoms with Crippen molar-refractivity contribution in [2.75, 3.05) is 24.1 Å². The zero-order chi connectivity index (χ0) is 61.8. The number of carbonyl (C=O) groups is 4. The Labute approximate surface area is 533 Å². The number of ether oxygens (including phenoxy) is 4. The van der Waals surface area contributed by atoms with E-state index in [1.165, 1.54) is 40.3 Å². The molecule has 2 N–H and O–H groups in total. The molecule has 4 atom stereocenters. The van der Waals surface area contributed by atoms with E-state index < -0.39 is 65.1 Å². The lowest BCUT2D eigenvalue weighted by Crippen LogP contribution is -2.71. The second kappa shape index (κ2) is 28.2. The Hall–Kier alpha value is -9.75. The number of oxime groups is 1. The Morgan fingerprint density at radius 3 is 1.70 bits per heavy atom. The van der Waals surface area contributed by atoms with Gasteiger partial charge in [0.2, 0.25) is 0 Å². The number of amides is 2. The summed E-state index contributed by atoms with van der Waals surface area (Å²) >= 11 is 9.00. The Morgan fingerprint density at radius 1 is 0.689 bits per heavy atom. The van der Waals surface area contributed by atoms with E-state index in [4.69, 9.17) is 45.4 Å². The first-order valence-electron chi connectivity index (χ1n) is 29.0. The zero-order valence-electron chi connectivity index (χ0n) is 48.5. The molecule has 2 unspecified atom stereocenters. The summed E-state index contributed by atoms with van der Waals surface area (Å²) in [6.07, 6.45) is -1.44. The number of esters is 1. The van der Waals surface area contributed by atoms with E-state index in [0.717, 1.165) is 38.9 Å². The second-order valence-corrected chi connectivity index (χ2v) is 23.3. The van der Waals surface area contributed by atoms with Crippen LogP contribution in [0.4, 0.5) is 5.13 Å². The number of carbonyl (C=O) groups excluding carboxylic acids is 4. The Kier molecular flexibility index (Phi) is 18.9. The molecule has 18 heteroatoms. The highest BCUT2D eigenvalue weighted by Gasteiger charge is 2.55. The number of thiazole rings is 1. The number of thioether (sulfide) groups is 1. The van der Waals surface area contributed by atoms with Crippen molar-refractivity contribution < 1.29 is 43.0 Å². The second-order valence-electron chi connectivity index (χ2n) is 21.1. The van der Waals surface area contributed by atoms with Gasteiger partial charge in [0.05, 0.1) is 7.11 Å². The Bertz CT molecular complexity index is 3920. The SMILES string of the molecule is COc1ccc(COC(=O)C2=C(CCl)CS[C@@H]3[C@H](NC(=O)/C(=N\OC(OC(c4ccccc4)c4ccccc4)C4=CC(=O)C(OC(c5ccccc5)c5ccccc5)C=N4)c4csc(NC(c5ccccc5)(c5ccccc5)c5ccccc5)n4)C(=O)N23)cc1. The lowest BCUT2D eigenvalue weighted by Gasteiger charge is -2.49. The molecule has 90 heavy (non-hydrogen) atoms. The van der Waals surface area contributed by atoms with Crippen molar-refractivity contribution in [2.24, 2.45) is 10.1 Å². The van der Waals surface area contributed by atoms with Gasteiger partial charge < -0.3 is 34.4 Å². The smallest absolute Gasteiger partial charge is 0.355 e. The number of alkyl halides is 1. The van der Waals surface area contributed by atoms with Crippen molar-refractivity contribution in [1.29, 1.82) is 0 Å². The fourth-order valence-corrected chi connectivity index (χ4v) is 13.4. The number of rotatable bonds is 24. The van der Waals surface area contributed by atoms with Gasteiger partial charge in [0.25, 0.3) is 18.1 Å². The van der Waals surface area contributed by atoms with Crippen LogP contribution in [0.3, 0.4) is 0 Å². The lowest BCUT2D eigenvalue weighted by molar-refractivity contribution is -0.153. The number of fused-ring (bicyclic) bond motifs is 1. The lowest BCUT2D eigenvalue weighted by atomic mass is 9.77. The highest BCUT2D eigenvalue weighted by molar-refractivity contribution is 8.00. The summed E-state index contributed by atoms with van der Waals surface area (Å²) < 4.78 is 24.6. The molecule has 1 fully saturated rings. The van der Waals surface area contributed by atoms with Crippen LogP contribution >= 0.6 is 34.7 Å². The number of aliphatic imine (C=N–C) groups is 1. The van der Waals surface area contributed by atoms with Gasteiger partial charge in [-0.05, 0) is 62.2 Å². The minimum Gasteiger partial charge on any atom is -0.497 e. The molecular formula is C72H59ClN6O9S2. The normalized spacial score (nSPS) is 16.8. The summed E-state index contributed by atoms with van der Waals surface area (Å²) in [5, 5.41) is 12.7. The van der Waals surface area contributed by atoms with Gasteiger partial charge >= 0.3 is 5.97 Å². The summed E-state index contributed by atoms with van der Waals surface area (Å²) in [4.78, 5) is 76.2. The third-order valence-electron chi connectivity index (χ3n) is 15.5. The maximum absolute atomic E-state index is 15.4. The van der Waals surface area contributed by atoms with Crippen molar-refractivity contribution >= 4 is 75.3 Å². The van der Waals surface area contributed by atoms with E-state index in [9.17, 15) is 14.4 Å². The fourth-order valence-electron chi connectivity index (χ4n) is 11.0. The predicted octanol–water partition coefficient (Wildman–Crippen LogP) is 12.8. The highest BCUT2D eigenvalue weighted by Crippen LogP contribution is 2.43. The molecule has 3 aliphatic rings. The molecule has 0 saturated carbocycles. The molecule has 4 heterocycles. The van der Waals surface area contributed by atoms with Crippen molar-refractivity contribution in [3.05, 3.63) is 315 Å². The average Bonchev–Trinajstić information content (AvgIpc) is 0.919. The van der Waals surface area contributed by atoms with Crippen LogP contribution in [0.2, 0.25) is 0 Å². The summed E-state index contributed by atoms with van der Waals surface area (Å²) in [7, 11) is 1.56. The maximum Gasteiger partial charge on any atom is 0.355 e. The van der Waals surface area contributed by atoms with Crippen LogP contribution in [0.25, 0.3) is 0 Å². The number of ketones is 1. The van der Waals surface area contributed by atoms with Crippen LogP contribution in [-0.2, 0) is 50.4 Å². The third kappa shape index (κ3) is 13.2. The molecule has 15 nitrogen and oxygen atoms in total. The van der Waals surface area contributed by atoms with E-state index in [2.05, 4.69) is 15.8 Å². The monoisotopic (exact) mass is 1250 g/mol. The Morgan fingerprint density at radius 2 is 1.20 bits per heavy atom. The topological polar surface area (TPSA) is 179 Å². The van der Waals surface area contributed by atoms with Gasteiger partial charge in [-0.2, -0.15) is 0 Å². The van der Waals surface area contributed by atoms with Crippen LogP contribution in [0, 0.1) is 0 Å². The molecule has 12 rings (SSSR count). The molecule has 8 aromatic carbocycles. The fraction of sp³-hybridized carbons (Fsp3) is 0.153. The van der Waals surface area contributed by atoms with Crippen molar-refractivity contribution in [3.8, 4) is 5.75 Å². The van der Waals surface area contributed by atoms with Gasteiger partial charge in [0.15, 0.2) is 22.7 Å². The van der Waals surface area contributed by atoms with Gasteiger partial charge in [-0.1, -0.05) is 230 Å². The summed E-state index contributed by atoms with van der Waals surface area (Å²) in [5.74, 6) is -1.73. The molecule has 2 amide bonds. The molecule has 3 aliphatic heterocycles. The number of hydrogen-bond acceptors (Lipinski definition) is 15. The van der Waals surface area contributed by atoms with Crippen molar-refractivity contribution in [3.63, 3.8) is 0 Å². The maximum atomic E-state index is 15.4. The number of methoxy groups -OCH3 is 1. The van der Waals surface area contributed by atoms with E-state index >= 15 is 4.79 Å². The summed E-state index contributed by atoms with van der Waals surface area (Å²) in [5.41, 5.74) is 5.84. The summed E-state index contributed by atoms with van der Waals surface area (Å²) in [6, 6.07) is 74.0. The van der Waals surface area contributed by atoms with E-state index in [-0.39, 0.29) is 41.0 Å². The van der Waals surface area contributed by atoms with Crippen LogP contribution in [0.5, 0.6) is 5.75 Å². The number of β-lactam (4-membered cyclic amide) rings is 1. The van der Waals surface area contributed by atoms with E-state index in [1.807, 2.05) is 212 Å². The molecule has 0 aliphatic carbocycles. The molecular weight excluding hydrogens is 1190 g/mol. The largest absolute Gasteiger partial charge is 0.497 e.